The van der Waals surface area contributed by atoms with Crippen LogP contribution in [0.5, 0.6) is 5.88 Å². The molecule has 1 saturated heterocycles. The lowest BCUT2D eigenvalue weighted by Crippen LogP contribution is -2.42. The molecule has 0 aromatic carbocycles. The summed E-state index contributed by atoms with van der Waals surface area (Å²) >= 11 is 0. The maximum absolute atomic E-state index is 12.7. The summed E-state index contributed by atoms with van der Waals surface area (Å²) in [6.45, 7) is 1.50. The molecule has 25 heavy (non-hydrogen) atoms. The van der Waals surface area contributed by atoms with E-state index in [2.05, 4.69) is 9.97 Å². The van der Waals surface area contributed by atoms with Crippen molar-refractivity contribution in [3.05, 3.63) is 47.8 Å². The van der Waals surface area contributed by atoms with E-state index in [4.69, 9.17) is 9.47 Å². The second kappa shape index (κ2) is 7.48. The zero-order valence-corrected chi connectivity index (χ0v) is 14.7. The molecule has 0 N–H and O–H groups in total. The van der Waals surface area contributed by atoms with E-state index in [0.29, 0.717) is 31.1 Å². The van der Waals surface area contributed by atoms with E-state index in [0.717, 1.165) is 11.5 Å². The van der Waals surface area contributed by atoms with Crippen LogP contribution < -0.4 is 9.64 Å². The van der Waals surface area contributed by atoms with Crippen molar-refractivity contribution in [2.24, 2.45) is 0 Å². The molecule has 1 unspecified atom stereocenters. The summed E-state index contributed by atoms with van der Waals surface area (Å²) in [5, 5.41) is 0. The van der Waals surface area contributed by atoms with Crippen LogP contribution in [0.15, 0.2) is 36.5 Å². The molecule has 2 aromatic rings. The Bertz CT molecular complexity index is 733. The number of hydrogen-bond acceptors (Lipinski definition) is 6. The average Bonchev–Trinajstić information content (AvgIpc) is 2.67. The van der Waals surface area contributed by atoms with E-state index < -0.39 is 0 Å². The Morgan fingerprint density at radius 2 is 2.16 bits per heavy atom. The van der Waals surface area contributed by atoms with Crippen LogP contribution in [0, 0.1) is 0 Å². The Labute approximate surface area is 147 Å². The SMILES string of the molecule is COc1ccc(C(=O)N2CCOC(c3cccc(N(C)C)n3)C2)cn1. The molecular formula is C18H22N4O3. The van der Waals surface area contributed by atoms with Gasteiger partial charge in [-0.15, -0.1) is 0 Å². The second-order valence-electron chi connectivity index (χ2n) is 6.01. The van der Waals surface area contributed by atoms with Gasteiger partial charge in [0.1, 0.15) is 11.9 Å². The number of rotatable bonds is 4. The van der Waals surface area contributed by atoms with Gasteiger partial charge < -0.3 is 19.3 Å². The minimum absolute atomic E-state index is 0.0628. The Balaban J connectivity index is 1.74. The molecule has 132 valence electrons. The van der Waals surface area contributed by atoms with Gasteiger partial charge in [-0.3, -0.25) is 4.79 Å². The molecule has 3 rings (SSSR count). The molecular weight excluding hydrogens is 320 g/mol. The van der Waals surface area contributed by atoms with Crippen molar-refractivity contribution in [1.29, 1.82) is 0 Å². The van der Waals surface area contributed by atoms with Gasteiger partial charge in [0.2, 0.25) is 5.88 Å². The van der Waals surface area contributed by atoms with Crippen LogP contribution in [0.4, 0.5) is 5.82 Å². The van der Waals surface area contributed by atoms with Crippen molar-refractivity contribution < 1.29 is 14.3 Å². The Morgan fingerprint density at radius 1 is 1.32 bits per heavy atom. The third kappa shape index (κ3) is 3.88. The van der Waals surface area contributed by atoms with E-state index >= 15 is 0 Å². The highest BCUT2D eigenvalue weighted by Crippen LogP contribution is 2.23. The highest BCUT2D eigenvalue weighted by Gasteiger charge is 2.27. The van der Waals surface area contributed by atoms with Gasteiger partial charge in [-0.1, -0.05) is 6.07 Å². The Hall–Kier alpha value is -2.67. The summed E-state index contributed by atoms with van der Waals surface area (Å²) in [5.74, 6) is 1.29. The number of methoxy groups -OCH3 is 1. The third-order valence-electron chi connectivity index (χ3n) is 4.09. The van der Waals surface area contributed by atoms with Crippen LogP contribution >= 0.6 is 0 Å². The molecule has 3 heterocycles. The highest BCUT2D eigenvalue weighted by molar-refractivity contribution is 5.94. The maximum Gasteiger partial charge on any atom is 0.255 e. The Kier molecular flexibility index (Phi) is 5.14. The molecule has 2 aromatic heterocycles. The number of hydrogen-bond donors (Lipinski definition) is 0. The standard InChI is InChI=1S/C18H22N4O3/c1-21(2)16-6-4-5-14(20-16)15-12-22(9-10-25-15)18(23)13-7-8-17(24-3)19-11-13/h4-8,11,15H,9-10,12H2,1-3H3. The molecule has 0 aliphatic carbocycles. The van der Waals surface area contributed by atoms with Crippen LogP contribution in [0.2, 0.25) is 0 Å². The number of aromatic nitrogens is 2. The number of carbonyl (C=O) groups excluding carboxylic acids is 1. The van der Waals surface area contributed by atoms with E-state index in [1.54, 1.807) is 24.1 Å². The molecule has 0 saturated carbocycles. The lowest BCUT2D eigenvalue weighted by atomic mass is 10.1. The van der Waals surface area contributed by atoms with Gasteiger partial charge in [0, 0.05) is 32.9 Å². The fourth-order valence-corrected chi connectivity index (χ4v) is 2.69. The molecule has 1 fully saturated rings. The van der Waals surface area contributed by atoms with Gasteiger partial charge in [0.05, 0.1) is 31.5 Å². The summed E-state index contributed by atoms with van der Waals surface area (Å²) < 4.78 is 10.9. The number of amides is 1. The molecule has 1 amide bonds. The molecule has 1 aliphatic heterocycles. The fourth-order valence-electron chi connectivity index (χ4n) is 2.69. The predicted octanol–water partition coefficient (Wildman–Crippen LogP) is 1.76. The summed E-state index contributed by atoms with van der Waals surface area (Å²) in [5.41, 5.74) is 1.37. The lowest BCUT2D eigenvalue weighted by Gasteiger charge is -2.33. The van der Waals surface area contributed by atoms with Crippen molar-refractivity contribution in [2.45, 2.75) is 6.10 Å². The first-order valence-corrected chi connectivity index (χ1v) is 8.13. The highest BCUT2D eigenvalue weighted by atomic mass is 16.5. The molecule has 0 radical (unpaired) electrons. The van der Waals surface area contributed by atoms with Crippen molar-refractivity contribution in [3.8, 4) is 5.88 Å². The smallest absolute Gasteiger partial charge is 0.255 e. The minimum Gasteiger partial charge on any atom is -0.481 e. The Morgan fingerprint density at radius 3 is 2.84 bits per heavy atom. The monoisotopic (exact) mass is 342 g/mol. The first kappa shape index (κ1) is 17.2. The van der Waals surface area contributed by atoms with Crippen LogP contribution in [-0.4, -0.2) is 61.7 Å². The van der Waals surface area contributed by atoms with E-state index in [1.807, 2.05) is 37.2 Å². The van der Waals surface area contributed by atoms with Gasteiger partial charge in [-0.2, -0.15) is 0 Å². The van der Waals surface area contributed by atoms with Crippen molar-refractivity contribution in [1.82, 2.24) is 14.9 Å². The fraction of sp³-hybridized carbons (Fsp3) is 0.389. The molecule has 0 spiro atoms. The van der Waals surface area contributed by atoms with Crippen molar-refractivity contribution in [3.63, 3.8) is 0 Å². The normalized spacial score (nSPS) is 17.2. The van der Waals surface area contributed by atoms with Gasteiger partial charge in [0.15, 0.2) is 0 Å². The third-order valence-corrected chi connectivity index (χ3v) is 4.09. The van der Waals surface area contributed by atoms with Crippen LogP contribution in [0.25, 0.3) is 0 Å². The summed E-state index contributed by atoms with van der Waals surface area (Å²) in [7, 11) is 5.44. The minimum atomic E-state index is -0.233. The lowest BCUT2D eigenvalue weighted by molar-refractivity contribution is -0.0247. The molecule has 7 nitrogen and oxygen atoms in total. The number of nitrogens with zero attached hydrogens (tertiary/aromatic N) is 4. The van der Waals surface area contributed by atoms with E-state index in [9.17, 15) is 4.79 Å². The van der Waals surface area contributed by atoms with Crippen molar-refractivity contribution >= 4 is 11.7 Å². The summed E-state index contributed by atoms with van der Waals surface area (Å²) in [4.78, 5) is 25.2. The topological polar surface area (TPSA) is 67.8 Å². The molecule has 1 aliphatic rings. The number of pyridine rings is 2. The second-order valence-corrected chi connectivity index (χ2v) is 6.01. The quantitative estimate of drug-likeness (QED) is 0.843. The summed E-state index contributed by atoms with van der Waals surface area (Å²) in [6, 6.07) is 9.24. The molecule has 1 atom stereocenters. The largest absolute Gasteiger partial charge is 0.481 e. The number of carbonyl (C=O) groups is 1. The predicted molar refractivity (Wildman–Crippen MR) is 93.9 cm³/mol. The maximum atomic E-state index is 12.7. The van der Waals surface area contributed by atoms with E-state index in [1.165, 1.54) is 6.20 Å². The number of morpholine rings is 1. The van der Waals surface area contributed by atoms with Gasteiger partial charge in [0.25, 0.3) is 5.91 Å². The zero-order chi connectivity index (χ0) is 17.8. The van der Waals surface area contributed by atoms with E-state index in [-0.39, 0.29) is 12.0 Å². The first-order chi connectivity index (χ1) is 12.1. The molecule has 7 heteroatoms. The van der Waals surface area contributed by atoms with Gasteiger partial charge in [-0.25, -0.2) is 9.97 Å². The number of ether oxygens (including phenoxy) is 2. The number of anilines is 1. The average molecular weight is 342 g/mol. The van der Waals surface area contributed by atoms with Crippen LogP contribution in [0.1, 0.15) is 22.2 Å². The van der Waals surface area contributed by atoms with Crippen LogP contribution in [0.3, 0.4) is 0 Å². The molecule has 0 bridgehead atoms. The van der Waals surface area contributed by atoms with Crippen molar-refractivity contribution in [2.75, 3.05) is 45.8 Å². The van der Waals surface area contributed by atoms with Gasteiger partial charge >= 0.3 is 0 Å². The van der Waals surface area contributed by atoms with Gasteiger partial charge in [-0.05, 0) is 18.2 Å². The first-order valence-electron chi connectivity index (χ1n) is 8.13. The van der Waals surface area contributed by atoms with Crippen LogP contribution in [-0.2, 0) is 4.74 Å². The zero-order valence-electron chi connectivity index (χ0n) is 14.7. The summed E-state index contributed by atoms with van der Waals surface area (Å²) in [6.07, 6.45) is 1.31.